The Hall–Kier alpha value is -3.09. The van der Waals surface area contributed by atoms with Crippen LogP contribution in [0.2, 0.25) is 15.1 Å². The first-order valence-corrected chi connectivity index (χ1v) is 12.3. The highest BCUT2D eigenvalue weighted by molar-refractivity contribution is 6.48. The van der Waals surface area contributed by atoms with E-state index in [1.165, 1.54) is 32.3 Å². The smallest absolute Gasteiger partial charge is 0.267 e. The molecule has 0 spiro atoms. The Labute approximate surface area is 238 Å². The van der Waals surface area contributed by atoms with Gasteiger partial charge in [0.15, 0.2) is 0 Å². The third kappa shape index (κ3) is 7.35. The number of rotatable bonds is 7. The zero-order valence-electron chi connectivity index (χ0n) is 20.4. The third-order valence-electron chi connectivity index (χ3n) is 5.38. The summed E-state index contributed by atoms with van der Waals surface area (Å²) in [7, 11) is 0. The minimum atomic E-state index is -5.17. The maximum atomic E-state index is 15.1. The summed E-state index contributed by atoms with van der Waals surface area (Å²) in [4.78, 5) is 20.9. The van der Waals surface area contributed by atoms with E-state index in [1.807, 2.05) is 0 Å². The molecule has 3 rings (SSSR count). The molecule has 0 radical (unpaired) electrons. The quantitative estimate of drug-likeness (QED) is 0.161. The largest absolute Gasteiger partial charge is 0.417 e. The van der Waals surface area contributed by atoms with Gasteiger partial charge in [-0.3, -0.25) is 10.2 Å². The Morgan fingerprint density at radius 1 is 0.975 bits per heavy atom. The molecule has 1 heterocycles. The molecule has 1 aromatic heterocycles. The lowest BCUT2D eigenvalue weighted by molar-refractivity contribution is -0.140. The number of alkyl halides is 6. The van der Waals surface area contributed by atoms with Crippen LogP contribution in [-0.4, -0.2) is 33.1 Å². The van der Waals surface area contributed by atoms with Gasteiger partial charge in [-0.25, -0.2) is 19.4 Å². The Kier molecular flexibility index (Phi) is 9.58. The van der Waals surface area contributed by atoms with E-state index in [0.717, 1.165) is 23.2 Å². The number of benzene rings is 2. The number of hydrogen-bond acceptors (Lipinski definition) is 4. The molecule has 3 aromatic rings. The van der Waals surface area contributed by atoms with E-state index in [1.54, 1.807) is 0 Å². The highest BCUT2D eigenvalue weighted by Gasteiger charge is 2.41. The van der Waals surface area contributed by atoms with Crippen LogP contribution >= 0.6 is 34.8 Å². The van der Waals surface area contributed by atoms with E-state index in [4.69, 9.17) is 34.8 Å². The average Bonchev–Trinajstić information content (AvgIpc) is 2.87. The monoisotopic (exact) mass is 628 g/mol. The van der Waals surface area contributed by atoms with Crippen molar-refractivity contribution in [2.45, 2.75) is 38.2 Å². The fraction of sp³-hybridized carbons (Fsp3) is 0.240. The number of halogens is 10. The first kappa shape index (κ1) is 31.4. The van der Waals surface area contributed by atoms with Gasteiger partial charge in [-0.15, -0.1) is 0 Å². The van der Waals surface area contributed by atoms with Crippen molar-refractivity contribution >= 4 is 52.5 Å². The molecule has 0 aliphatic heterocycles. The van der Waals surface area contributed by atoms with Gasteiger partial charge >= 0.3 is 12.4 Å². The van der Waals surface area contributed by atoms with Crippen molar-refractivity contribution in [1.82, 2.24) is 15.0 Å². The van der Waals surface area contributed by atoms with Crippen LogP contribution in [0.3, 0.4) is 0 Å². The van der Waals surface area contributed by atoms with E-state index in [0.29, 0.717) is 6.07 Å². The van der Waals surface area contributed by atoms with Crippen LogP contribution in [0.25, 0.3) is 5.83 Å². The van der Waals surface area contributed by atoms with Crippen LogP contribution in [0.1, 0.15) is 46.8 Å². The number of aromatic nitrogens is 2. The van der Waals surface area contributed by atoms with Crippen molar-refractivity contribution in [1.29, 1.82) is 0 Å². The molecule has 1 unspecified atom stereocenters. The van der Waals surface area contributed by atoms with E-state index in [9.17, 15) is 31.1 Å². The Balaban J connectivity index is 2.07. The van der Waals surface area contributed by atoms with Gasteiger partial charge in [-0.05, 0) is 55.8 Å². The summed E-state index contributed by atoms with van der Waals surface area (Å²) in [5, 5.41) is -0.0620. The first-order chi connectivity index (χ1) is 18.5. The van der Waals surface area contributed by atoms with Crippen molar-refractivity contribution < 1.29 is 35.5 Å². The summed E-state index contributed by atoms with van der Waals surface area (Å²) in [5.74, 6) is -5.51. The van der Waals surface area contributed by atoms with Gasteiger partial charge in [0.05, 0.1) is 26.2 Å². The summed E-state index contributed by atoms with van der Waals surface area (Å²) >= 11 is 17.4. The predicted octanol–water partition coefficient (Wildman–Crippen LogP) is 8.99. The minimum Gasteiger partial charge on any atom is -0.267 e. The lowest BCUT2D eigenvalue weighted by Crippen LogP contribution is -2.42. The van der Waals surface area contributed by atoms with Gasteiger partial charge in [0, 0.05) is 24.0 Å². The second-order valence-corrected chi connectivity index (χ2v) is 9.74. The number of carbonyl (C=O) groups excluding carboxylic acids is 1. The van der Waals surface area contributed by atoms with E-state index < -0.39 is 58.3 Å². The first-order valence-electron chi connectivity index (χ1n) is 11.2. The number of carbonyl (C=O) groups is 1. The van der Waals surface area contributed by atoms with Gasteiger partial charge in [0.2, 0.25) is 5.95 Å². The Morgan fingerprint density at radius 2 is 1.55 bits per heavy atom. The summed E-state index contributed by atoms with van der Waals surface area (Å²) in [5.41, 5.74) is -1.37. The van der Waals surface area contributed by atoms with Crippen LogP contribution in [-0.2, 0) is 6.18 Å². The topological polar surface area (TPSA) is 58.1 Å². The van der Waals surface area contributed by atoms with Crippen molar-refractivity contribution in [3.05, 3.63) is 92.2 Å². The molecule has 0 aliphatic carbocycles. The molecule has 15 heteroatoms. The molecule has 40 heavy (non-hydrogen) atoms. The molecule has 0 saturated carbocycles. The normalized spacial score (nSPS) is 13.4. The van der Waals surface area contributed by atoms with Gasteiger partial charge in [0.1, 0.15) is 11.7 Å². The molecule has 214 valence electrons. The van der Waals surface area contributed by atoms with E-state index in [2.05, 4.69) is 15.4 Å². The van der Waals surface area contributed by atoms with Gasteiger partial charge in [-0.1, -0.05) is 40.9 Å². The Bertz CT molecular complexity index is 1390. The van der Waals surface area contributed by atoms with Crippen molar-refractivity contribution in [2.24, 2.45) is 0 Å². The van der Waals surface area contributed by atoms with Gasteiger partial charge in [-0.2, -0.15) is 26.3 Å². The summed E-state index contributed by atoms with van der Waals surface area (Å²) in [6.45, 7) is 3.01. The lowest BCUT2D eigenvalue weighted by Gasteiger charge is -2.28. The summed E-state index contributed by atoms with van der Waals surface area (Å²) in [6, 6.07) is 4.13. The second-order valence-electron chi connectivity index (χ2n) is 8.54. The van der Waals surface area contributed by atoms with Crippen LogP contribution in [0.4, 0.5) is 36.7 Å². The lowest BCUT2D eigenvalue weighted by atomic mass is 9.95. The third-order valence-corrected chi connectivity index (χ3v) is 6.58. The molecular weight excluding hydrogens is 612 g/mol. The molecule has 5 nitrogen and oxygen atoms in total. The standard InChI is InChI=1S/C25H18Cl3F7N4O/c1-12(2)39(38-23-36-6-3-7-37-23)22(40)15-5-4-13(8-17(15)25(33,34)35)20(29)11-16(24(30,31)32)14-9-18(26)21(28)19(27)10-14/h3-12,16H,1-2H3,(H,36,37,38)/b20-11-. The molecule has 1 N–H and O–H groups in total. The van der Waals surface area contributed by atoms with Crippen molar-refractivity contribution in [3.8, 4) is 0 Å². The number of nitrogens with one attached hydrogen (secondary N) is 1. The second kappa shape index (κ2) is 12.2. The number of hydrazine groups is 1. The van der Waals surface area contributed by atoms with Crippen molar-refractivity contribution in [2.75, 3.05) is 5.43 Å². The number of hydrogen-bond donors (Lipinski definition) is 1. The molecule has 2 aromatic carbocycles. The van der Waals surface area contributed by atoms with Gasteiger partial charge < -0.3 is 0 Å². The minimum absolute atomic E-state index is 0.0793. The van der Waals surface area contributed by atoms with Crippen LogP contribution < -0.4 is 5.43 Å². The predicted molar refractivity (Wildman–Crippen MR) is 138 cm³/mol. The SMILES string of the molecule is CC(C)N(Nc1ncccn1)C(=O)c1ccc(/C(F)=C/C(c2cc(Cl)c(Cl)c(Cl)c2)C(F)(F)F)cc1C(F)(F)F. The molecule has 1 atom stereocenters. The molecular formula is C25H18Cl3F7N4O. The van der Waals surface area contributed by atoms with E-state index >= 15 is 4.39 Å². The Morgan fingerprint density at radius 3 is 2.05 bits per heavy atom. The molecule has 0 fully saturated rings. The number of amides is 1. The summed E-state index contributed by atoms with van der Waals surface area (Å²) in [6.07, 6.45) is -7.49. The van der Waals surface area contributed by atoms with Crippen LogP contribution in [0, 0.1) is 0 Å². The van der Waals surface area contributed by atoms with Crippen LogP contribution in [0.5, 0.6) is 0 Å². The maximum Gasteiger partial charge on any atom is 0.417 e. The fourth-order valence-electron chi connectivity index (χ4n) is 3.50. The molecule has 0 aliphatic rings. The summed E-state index contributed by atoms with van der Waals surface area (Å²) < 4.78 is 98.7. The van der Waals surface area contributed by atoms with E-state index in [-0.39, 0.29) is 33.2 Å². The average molecular weight is 630 g/mol. The van der Waals surface area contributed by atoms with Crippen LogP contribution in [0.15, 0.2) is 54.9 Å². The van der Waals surface area contributed by atoms with Gasteiger partial charge in [0.25, 0.3) is 5.91 Å². The van der Waals surface area contributed by atoms with Crippen molar-refractivity contribution in [3.63, 3.8) is 0 Å². The molecule has 0 saturated heterocycles. The maximum absolute atomic E-state index is 15.1. The fourth-order valence-corrected chi connectivity index (χ4v) is 4.11. The number of allylic oxidation sites excluding steroid dienone is 1. The highest BCUT2D eigenvalue weighted by atomic mass is 35.5. The number of nitrogens with zero attached hydrogens (tertiary/aromatic N) is 3. The number of anilines is 1. The zero-order chi connectivity index (χ0) is 30.0. The highest BCUT2D eigenvalue weighted by Crippen LogP contribution is 2.43. The molecule has 1 amide bonds. The molecule has 0 bridgehead atoms. The zero-order valence-corrected chi connectivity index (χ0v) is 22.6.